The fourth-order valence-electron chi connectivity index (χ4n) is 2.06. The fraction of sp³-hybridized carbons (Fsp3) is 0.462. The minimum absolute atomic E-state index is 0.584. The van der Waals surface area contributed by atoms with Crippen molar-refractivity contribution in [2.45, 2.75) is 32.2 Å². The molecule has 2 rings (SSSR count). The van der Waals surface area contributed by atoms with Gasteiger partial charge in [-0.3, -0.25) is 0 Å². The second-order valence-electron chi connectivity index (χ2n) is 4.38. The Morgan fingerprint density at radius 2 is 2.25 bits per heavy atom. The van der Waals surface area contributed by atoms with Gasteiger partial charge in [-0.2, -0.15) is 5.26 Å². The maximum Gasteiger partial charge on any atom is 0.0640 e. The maximum atomic E-state index is 8.68. The molecule has 0 aliphatic heterocycles. The van der Waals surface area contributed by atoms with E-state index >= 15 is 0 Å². The molecule has 0 bridgehead atoms. The topological polar surface area (TPSA) is 53.0 Å². The lowest BCUT2D eigenvalue weighted by molar-refractivity contribution is 0.790. The number of aryl methyl sites for hydroxylation is 1. The molecule has 1 aliphatic carbocycles. The number of rotatable bonds is 4. The lowest BCUT2D eigenvalue weighted by atomic mass is 10.1. The molecule has 0 radical (unpaired) electrons. The summed E-state index contributed by atoms with van der Waals surface area (Å²) in [5, 5.41) is 8.68. The third kappa shape index (κ3) is 2.27. The largest absolute Gasteiger partial charge is 0.399 e. The second kappa shape index (κ2) is 4.44. The smallest absolute Gasteiger partial charge is 0.0640 e. The minimum Gasteiger partial charge on any atom is -0.399 e. The monoisotopic (exact) mass is 215 g/mol. The summed E-state index contributed by atoms with van der Waals surface area (Å²) < 4.78 is 0. The van der Waals surface area contributed by atoms with E-state index in [4.69, 9.17) is 11.0 Å². The van der Waals surface area contributed by atoms with E-state index in [-0.39, 0.29) is 0 Å². The molecule has 2 N–H and O–H groups in total. The molecule has 1 saturated carbocycles. The zero-order valence-corrected chi connectivity index (χ0v) is 9.61. The number of anilines is 2. The zero-order valence-electron chi connectivity index (χ0n) is 9.61. The standard InChI is InChI=1S/C13H17N3/c1-10-9-11(15)3-6-13(10)16(8-2-7-14)12-4-5-12/h3,6,9,12H,2,4-5,8,15H2,1H3. The summed E-state index contributed by atoms with van der Waals surface area (Å²) in [5.74, 6) is 0. The van der Waals surface area contributed by atoms with Crippen LogP contribution in [0.15, 0.2) is 18.2 Å². The van der Waals surface area contributed by atoms with Crippen LogP contribution in [0.1, 0.15) is 24.8 Å². The maximum absolute atomic E-state index is 8.68. The van der Waals surface area contributed by atoms with E-state index in [9.17, 15) is 0 Å². The van der Waals surface area contributed by atoms with Crippen LogP contribution in [-0.2, 0) is 0 Å². The van der Waals surface area contributed by atoms with Gasteiger partial charge in [0.25, 0.3) is 0 Å². The van der Waals surface area contributed by atoms with Gasteiger partial charge >= 0.3 is 0 Å². The highest BCUT2D eigenvalue weighted by atomic mass is 15.2. The Morgan fingerprint density at radius 1 is 1.50 bits per heavy atom. The van der Waals surface area contributed by atoms with Crippen molar-refractivity contribution in [1.82, 2.24) is 0 Å². The van der Waals surface area contributed by atoms with Crippen LogP contribution in [0.2, 0.25) is 0 Å². The highest BCUT2D eigenvalue weighted by Gasteiger charge is 2.29. The van der Waals surface area contributed by atoms with Gasteiger partial charge in [0.15, 0.2) is 0 Å². The molecule has 0 aromatic heterocycles. The van der Waals surface area contributed by atoms with Crippen molar-refractivity contribution in [1.29, 1.82) is 5.26 Å². The molecule has 1 aliphatic rings. The van der Waals surface area contributed by atoms with Crippen LogP contribution in [0.3, 0.4) is 0 Å². The van der Waals surface area contributed by atoms with Gasteiger partial charge in [-0.1, -0.05) is 0 Å². The molecule has 0 atom stereocenters. The van der Waals surface area contributed by atoms with Crippen molar-refractivity contribution in [3.8, 4) is 6.07 Å². The van der Waals surface area contributed by atoms with Gasteiger partial charge in [0.05, 0.1) is 12.5 Å². The third-order valence-electron chi connectivity index (χ3n) is 2.98. The summed E-state index contributed by atoms with van der Waals surface area (Å²) in [6.07, 6.45) is 3.07. The number of hydrogen-bond donors (Lipinski definition) is 1. The van der Waals surface area contributed by atoms with Crippen molar-refractivity contribution in [3.05, 3.63) is 23.8 Å². The highest BCUT2D eigenvalue weighted by molar-refractivity contribution is 5.60. The first kappa shape index (κ1) is 10.8. The average Bonchev–Trinajstić information content (AvgIpc) is 3.05. The van der Waals surface area contributed by atoms with E-state index in [1.165, 1.54) is 24.1 Å². The van der Waals surface area contributed by atoms with E-state index in [0.717, 1.165) is 12.2 Å². The second-order valence-corrected chi connectivity index (χ2v) is 4.38. The molecule has 3 heteroatoms. The van der Waals surface area contributed by atoms with E-state index in [2.05, 4.69) is 24.0 Å². The normalized spacial score (nSPS) is 14.5. The van der Waals surface area contributed by atoms with E-state index in [1.54, 1.807) is 0 Å². The van der Waals surface area contributed by atoms with Gasteiger partial charge in [0, 0.05) is 24.0 Å². The Hall–Kier alpha value is -1.69. The first-order valence-corrected chi connectivity index (χ1v) is 5.72. The number of nitrogens with zero attached hydrogens (tertiary/aromatic N) is 2. The molecule has 0 saturated heterocycles. The van der Waals surface area contributed by atoms with Crippen molar-refractivity contribution in [2.75, 3.05) is 17.2 Å². The van der Waals surface area contributed by atoms with E-state index in [0.29, 0.717) is 12.5 Å². The Labute approximate surface area is 96.5 Å². The summed E-state index contributed by atoms with van der Waals surface area (Å²) in [5.41, 5.74) is 8.98. The summed E-state index contributed by atoms with van der Waals surface area (Å²) in [4.78, 5) is 2.35. The molecule has 1 aromatic rings. The minimum atomic E-state index is 0.584. The van der Waals surface area contributed by atoms with Crippen LogP contribution in [0.25, 0.3) is 0 Å². The first-order chi connectivity index (χ1) is 7.72. The van der Waals surface area contributed by atoms with Crippen LogP contribution in [-0.4, -0.2) is 12.6 Å². The van der Waals surface area contributed by atoms with E-state index < -0.39 is 0 Å². The van der Waals surface area contributed by atoms with Gasteiger partial charge in [-0.15, -0.1) is 0 Å². The van der Waals surface area contributed by atoms with Gasteiger partial charge in [0.1, 0.15) is 0 Å². The lowest BCUT2D eigenvalue weighted by Gasteiger charge is -2.25. The number of nitrogens with two attached hydrogens (primary N) is 1. The van der Waals surface area contributed by atoms with Gasteiger partial charge in [-0.25, -0.2) is 0 Å². The lowest BCUT2D eigenvalue weighted by Crippen LogP contribution is -2.27. The molecular weight excluding hydrogens is 198 g/mol. The summed E-state index contributed by atoms with van der Waals surface area (Å²) in [7, 11) is 0. The predicted octanol–water partition coefficient (Wildman–Crippen LogP) is 2.46. The van der Waals surface area contributed by atoms with Crippen LogP contribution >= 0.6 is 0 Å². The number of hydrogen-bond acceptors (Lipinski definition) is 3. The van der Waals surface area contributed by atoms with Crippen molar-refractivity contribution in [3.63, 3.8) is 0 Å². The molecule has 1 aromatic carbocycles. The van der Waals surface area contributed by atoms with Crippen LogP contribution in [0, 0.1) is 18.3 Å². The SMILES string of the molecule is Cc1cc(N)ccc1N(CCC#N)C1CC1. The molecule has 16 heavy (non-hydrogen) atoms. The van der Waals surface area contributed by atoms with Gasteiger partial charge < -0.3 is 10.6 Å². The molecule has 84 valence electrons. The zero-order chi connectivity index (χ0) is 11.5. The number of benzene rings is 1. The van der Waals surface area contributed by atoms with Gasteiger partial charge in [0.2, 0.25) is 0 Å². The van der Waals surface area contributed by atoms with Crippen LogP contribution < -0.4 is 10.6 Å². The van der Waals surface area contributed by atoms with Gasteiger partial charge in [-0.05, 0) is 43.5 Å². The van der Waals surface area contributed by atoms with E-state index in [1.807, 2.05) is 12.1 Å². The highest BCUT2D eigenvalue weighted by Crippen LogP contribution is 2.34. The average molecular weight is 215 g/mol. The Bertz CT molecular complexity index is 416. The molecule has 0 unspecified atom stereocenters. The van der Waals surface area contributed by atoms with Crippen LogP contribution in [0.4, 0.5) is 11.4 Å². The summed E-state index contributed by atoms with van der Waals surface area (Å²) in [6, 6.07) is 8.85. The Kier molecular flexibility index (Phi) is 3.00. The summed E-state index contributed by atoms with van der Waals surface area (Å²) >= 11 is 0. The number of nitrogen functional groups attached to an aromatic ring is 1. The summed E-state index contributed by atoms with van der Waals surface area (Å²) in [6.45, 7) is 2.90. The molecular formula is C13H17N3. The molecule has 0 heterocycles. The predicted molar refractivity (Wildman–Crippen MR) is 66.2 cm³/mol. The fourth-order valence-corrected chi connectivity index (χ4v) is 2.06. The Balaban J connectivity index is 2.21. The molecule has 3 nitrogen and oxygen atoms in total. The quantitative estimate of drug-likeness (QED) is 0.785. The van der Waals surface area contributed by atoms with Crippen molar-refractivity contribution in [2.24, 2.45) is 0 Å². The molecule has 1 fully saturated rings. The first-order valence-electron chi connectivity index (χ1n) is 5.72. The number of nitriles is 1. The molecule has 0 spiro atoms. The van der Waals surface area contributed by atoms with Crippen molar-refractivity contribution < 1.29 is 0 Å². The Morgan fingerprint density at radius 3 is 2.81 bits per heavy atom. The van der Waals surface area contributed by atoms with Crippen LogP contribution in [0.5, 0.6) is 0 Å². The third-order valence-corrected chi connectivity index (χ3v) is 2.98. The molecule has 0 amide bonds. The van der Waals surface area contributed by atoms with Crippen molar-refractivity contribution >= 4 is 11.4 Å².